The van der Waals surface area contributed by atoms with E-state index in [1.165, 1.54) is 6.92 Å². The van der Waals surface area contributed by atoms with Crippen molar-refractivity contribution in [2.75, 3.05) is 6.61 Å². The second-order valence-electron chi connectivity index (χ2n) is 6.05. The summed E-state index contributed by atoms with van der Waals surface area (Å²) in [7, 11) is 0. The first-order valence-electron chi connectivity index (χ1n) is 6.66. The van der Waals surface area contributed by atoms with Gasteiger partial charge in [-0.2, -0.15) is 0 Å². The van der Waals surface area contributed by atoms with E-state index in [9.17, 15) is 9.59 Å². The molecule has 1 N–H and O–H groups in total. The predicted molar refractivity (Wildman–Crippen MR) is 78.8 cm³/mol. The van der Waals surface area contributed by atoms with E-state index in [0.717, 1.165) is 17.7 Å². The smallest absolute Gasteiger partial charge is 0.326 e. The number of urea groups is 1. The summed E-state index contributed by atoms with van der Waals surface area (Å²) in [6.07, 6.45) is 1.70. The second-order valence-corrected chi connectivity index (χ2v) is 7.38. The normalized spacial score (nSPS) is 26.6. The zero-order valence-electron chi connectivity index (χ0n) is 12.5. The predicted octanol–water partition coefficient (Wildman–Crippen LogP) is 3.04. The lowest BCUT2D eigenvalue weighted by atomic mass is 10.00. The Kier molecular flexibility index (Phi) is 4.99. The SMILES string of the molecule is CCCCOC1(C)NC(=O)N(C(C)(C)C)C(=O)C1(Cl)Cl. The third-order valence-corrected chi connectivity index (χ3v) is 4.22. The summed E-state index contributed by atoms with van der Waals surface area (Å²) in [4.78, 5) is 25.7. The van der Waals surface area contributed by atoms with Gasteiger partial charge in [0.2, 0.25) is 4.33 Å². The second kappa shape index (κ2) is 5.70. The lowest BCUT2D eigenvalue weighted by molar-refractivity contribution is -0.149. The number of carbonyl (C=O) groups excluding carboxylic acids is 2. The van der Waals surface area contributed by atoms with Crippen molar-refractivity contribution in [2.24, 2.45) is 0 Å². The Morgan fingerprint density at radius 2 is 1.85 bits per heavy atom. The molecule has 0 bridgehead atoms. The fourth-order valence-electron chi connectivity index (χ4n) is 1.93. The highest BCUT2D eigenvalue weighted by Gasteiger charge is 2.62. The van der Waals surface area contributed by atoms with Gasteiger partial charge >= 0.3 is 6.03 Å². The van der Waals surface area contributed by atoms with E-state index >= 15 is 0 Å². The van der Waals surface area contributed by atoms with E-state index < -0.39 is 27.5 Å². The molecule has 0 aromatic rings. The highest BCUT2D eigenvalue weighted by molar-refractivity contribution is 6.60. The van der Waals surface area contributed by atoms with Crippen molar-refractivity contribution < 1.29 is 14.3 Å². The molecule has 1 heterocycles. The van der Waals surface area contributed by atoms with Gasteiger partial charge in [-0.1, -0.05) is 36.5 Å². The minimum Gasteiger partial charge on any atom is -0.352 e. The number of amides is 3. The molecule has 0 spiro atoms. The molecule has 1 fully saturated rings. The molecule has 0 aromatic heterocycles. The first kappa shape index (κ1) is 17.5. The summed E-state index contributed by atoms with van der Waals surface area (Å²) in [5.74, 6) is -0.670. The maximum atomic E-state index is 12.5. The van der Waals surface area contributed by atoms with E-state index in [1.54, 1.807) is 20.8 Å². The molecule has 1 saturated heterocycles. The van der Waals surface area contributed by atoms with E-state index in [-0.39, 0.29) is 0 Å². The van der Waals surface area contributed by atoms with Gasteiger partial charge < -0.3 is 10.1 Å². The maximum absolute atomic E-state index is 12.5. The molecule has 1 aliphatic rings. The lowest BCUT2D eigenvalue weighted by Crippen LogP contribution is -2.75. The Morgan fingerprint density at radius 3 is 2.30 bits per heavy atom. The summed E-state index contributed by atoms with van der Waals surface area (Å²) in [5.41, 5.74) is -2.16. The summed E-state index contributed by atoms with van der Waals surface area (Å²) in [6, 6.07) is -0.557. The van der Waals surface area contributed by atoms with E-state index in [4.69, 9.17) is 27.9 Å². The molecule has 1 rings (SSSR count). The number of nitrogens with zero attached hydrogens (tertiary/aromatic N) is 1. The third-order valence-electron chi connectivity index (χ3n) is 3.18. The van der Waals surface area contributed by atoms with Crippen LogP contribution in [-0.4, -0.2) is 39.0 Å². The summed E-state index contributed by atoms with van der Waals surface area (Å²) in [6.45, 7) is 9.07. The van der Waals surface area contributed by atoms with Crippen LogP contribution < -0.4 is 5.32 Å². The van der Waals surface area contributed by atoms with Gasteiger partial charge in [-0.3, -0.25) is 9.69 Å². The van der Waals surface area contributed by atoms with Crippen LogP contribution in [0.2, 0.25) is 0 Å². The number of rotatable bonds is 4. The number of imide groups is 1. The standard InChI is InChI=1S/C13H22Cl2N2O3/c1-6-7-8-20-12(5)13(14,15)9(18)17(10(19)16-12)11(2,3)4/h6-8H2,1-5H3,(H,16,19). The van der Waals surface area contributed by atoms with Gasteiger partial charge in [0.1, 0.15) is 0 Å². The fraction of sp³-hybridized carbons (Fsp3) is 0.846. The first-order valence-corrected chi connectivity index (χ1v) is 7.41. The van der Waals surface area contributed by atoms with Crippen LogP contribution in [0.4, 0.5) is 4.79 Å². The lowest BCUT2D eigenvalue weighted by Gasteiger charge is -2.49. The van der Waals surface area contributed by atoms with Gasteiger partial charge in [-0.15, -0.1) is 0 Å². The van der Waals surface area contributed by atoms with Crippen LogP contribution >= 0.6 is 23.2 Å². The highest BCUT2D eigenvalue weighted by atomic mass is 35.5. The molecule has 1 unspecified atom stereocenters. The average molecular weight is 325 g/mol. The minimum atomic E-state index is -1.87. The number of ether oxygens (including phenoxy) is 1. The summed E-state index contributed by atoms with van der Waals surface area (Å²) < 4.78 is 3.71. The zero-order chi connectivity index (χ0) is 15.8. The Labute approximate surface area is 129 Å². The van der Waals surface area contributed by atoms with Crippen molar-refractivity contribution in [3.63, 3.8) is 0 Å². The van der Waals surface area contributed by atoms with Crippen molar-refractivity contribution in [3.05, 3.63) is 0 Å². The monoisotopic (exact) mass is 324 g/mol. The quantitative estimate of drug-likeness (QED) is 0.638. The van der Waals surface area contributed by atoms with Gasteiger partial charge in [-0.05, 0) is 34.1 Å². The maximum Gasteiger partial charge on any atom is 0.326 e. The van der Waals surface area contributed by atoms with Gasteiger partial charge in [0.15, 0.2) is 5.72 Å². The van der Waals surface area contributed by atoms with Crippen LogP contribution in [0.1, 0.15) is 47.5 Å². The largest absolute Gasteiger partial charge is 0.352 e. The average Bonchev–Trinajstić information content (AvgIpc) is 2.25. The van der Waals surface area contributed by atoms with Gasteiger partial charge in [0, 0.05) is 12.1 Å². The van der Waals surface area contributed by atoms with Crippen LogP contribution in [0.15, 0.2) is 0 Å². The Balaban J connectivity index is 3.05. The molecular formula is C13H22Cl2N2O3. The van der Waals surface area contributed by atoms with Crippen molar-refractivity contribution in [1.29, 1.82) is 0 Å². The van der Waals surface area contributed by atoms with Crippen molar-refractivity contribution in [3.8, 4) is 0 Å². The van der Waals surface area contributed by atoms with Crippen LogP contribution in [0, 0.1) is 0 Å². The summed E-state index contributed by atoms with van der Waals surface area (Å²) >= 11 is 12.4. The number of nitrogens with one attached hydrogen (secondary N) is 1. The van der Waals surface area contributed by atoms with Crippen LogP contribution in [0.3, 0.4) is 0 Å². The number of carbonyl (C=O) groups is 2. The zero-order valence-corrected chi connectivity index (χ0v) is 14.1. The Hall–Kier alpha value is -0.520. The molecule has 0 saturated carbocycles. The number of unbranched alkanes of at least 4 members (excludes halogenated alkanes) is 1. The van der Waals surface area contributed by atoms with Crippen LogP contribution in [0.25, 0.3) is 0 Å². The molecule has 20 heavy (non-hydrogen) atoms. The number of halogens is 2. The van der Waals surface area contributed by atoms with E-state index in [0.29, 0.717) is 6.61 Å². The van der Waals surface area contributed by atoms with Crippen molar-refractivity contribution in [1.82, 2.24) is 10.2 Å². The van der Waals surface area contributed by atoms with E-state index in [1.807, 2.05) is 6.92 Å². The highest BCUT2D eigenvalue weighted by Crippen LogP contribution is 2.41. The Bertz CT molecular complexity index is 407. The molecule has 0 aliphatic carbocycles. The first-order chi connectivity index (χ1) is 8.97. The Morgan fingerprint density at radius 1 is 1.30 bits per heavy atom. The molecule has 0 radical (unpaired) electrons. The molecule has 116 valence electrons. The third kappa shape index (κ3) is 3.05. The molecule has 7 heteroatoms. The topological polar surface area (TPSA) is 58.6 Å². The van der Waals surface area contributed by atoms with Crippen molar-refractivity contribution >= 4 is 35.1 Å². The molecule has 3 amide bonds. The van der Waals surface area contributed by atoms with Gasteiger partial charge in [0.25, 0.3) is 5.91 Å². The number of alkyl halides is 2. The van der Waals surface area contributed by atoms with Crippen molar-refractivity contribution in [2.45, 2.75) is 63.1 Å². The molecule has 1 atom stereocenters. The van der Waals surface area contributed by atoms with Gasteiger partial charge in [0.05, 0.1) is 0 Å². The summed E-state index contributed by atoms with van der Waals surface area (Å²) in [5, 5.41) is 2.61. The fourth-order valence-corrected chi connectivity index (χ4v) is 2.30. The molecular weight excluding hydrogens is 303 g/mol. The molecule has 0 aromatic carbocycles. The van der Waals surface area contributed by atoms with Crippen LogP contribution in [0.5, 0.6) is 0 Å². The van der Waals surface area contributed by atoms with Crippen LogP contribution in [-0.2, 0) is 9.53 Å². The number of hydrogen-bond acceptors (Lipinski definition) is 3. The number of hydrogen-bond donors (Lipinski definition) is 1. The molecule has 1 aliphatic heterocycles. The van der Waals surface area contributed by atoms with Gasteiger partial charge in [-0.25, -0.2) is 4.79 Å². The molecule has 5 nitrogen and oxygen atoms in total. The minimum absolute atomic E-state index is 0.358. The van der Waals surface area contributed by atoms with E-state index in [2.05, 4.69) is 5.32 Å².